The monoisotopic (exact) mass is 379 g/mol. The molecule has 7 heteroatoms. The predicted molar refractivity (Wildman–Crippen MR) is 104 cm³/mol. The lowest BCUT2D eigenvalue weighted by Gasteiger charge is -2.45. The van der Waals surface area contributed by atoms with Crippen molar-refractivity contribution in [1.82, 2.24) is 9.80 Å². The topological polar surface area (TPSA) is 62.2 Å². The first-order chi connectivity index (χ1) is 12.4. The van der Waals surface area contributed by atoms with E-state index in [-0.39, 0.29) is 11.5 Å². The molecule has 1 aromatic rings. The van der Waals surface area contributed by atoms with Gasteiger partial charge in [-0.3, -0.25) is 9.69 Å². The van der Waals surface area contributed by atoms with Gasteiger partial charge in [0, 0.05) is 38.2 Å². The molecule has 0 saturated carbocycles. The highest BCUT2D eigenvalue weighted by Gasteiger charge is 2.41. The molecule has 2 heterocycles. The first-order valence-electron chi connectivity index (χ1n) is 9.31. The van der Waals surface area contributed by atoms with Crippen LogP contribution in [0.1, 0.15) is 19.8 Å². The molecule has 0 unspecified atom stereocenters. The largest absolute Gasteiger partial charge is 0.372 e. The molecule has 0 atom stereocenters. The van der Waals surface area contributed by atoms with Crippen LogP contribution >= 0.6 is 0 Å². The summed E-state index contributed by atoms with van der Waals surface area (Å²) in [7, 11) is -0.393. The van der Waals surface area contributed by atoms with Gasteiger partial charge >= 0.3 is 0 Å². The molecular weight excluding hydrogens is 350 g/mol. The van der Waals surface area contributed by atoms with Crippen LogP contribution in [-0.4, -0.2) is 76.9 Å². The van der Waals surface area contributed by atoms with Crippen LogP contribution in [0, 0.1) is 0 Å². The minimum atomic E-state index is -2.23. The van der Waals surface area contributed by atoms with Crippen LogP contribution in [0.3, 0.4) is 0 Å². The van der Waals surface area contributed by atoms with Gasteiger partial charge in [-0.05, 0) is 31.9 Å². The maximum Gasteiger partial charge on any atom is 0.236 e. The second-order valence-electron chi connectivity index (χ2n) is 7.26. The van der Waals surface area contributed by atoms with Gasteiger partial charge in [0.2, 0.25) is 5.91 Å². The van der Waals surface area contributed by atoms with Gasteiger partial charge in [-0.15, -0.1) is 0 Å². The van der Waals surface area contributed by atoms with Crippen LogP contribution in [-0.2, 0) is 19.3 Å². The molecule has 2 fully saturated rings. The zero-order valence-electron chi connectivity index (χ0n) is 15.7. The lowest BCUT2D eigenvalue weighted by atomic mass is 9.94. The Morgan fingerprint density at radius 2 is 2.00 bits per heavy atom. The van der Waals surface area contributed by atoms with E-state index in [0.29, 0.717) is 24.7 Å². The molecule has 2 saturated heterocycles. The number of amides is 1. The zero-order valence-corrected chi connectivity index (χ0v) is 16.5. The highest BCUT2D eigenvalue weighted by atomic mass is 32.2. The molecule has 2 aliphatic rings. The molecule has 3 rings (SSSR count). The molecule has 6 nitrogen and oxygen atoms in total. The van der Waals surface area contributed by atoms with Crippen molar-refractivity contribution >= 4 is 21.3 Å². The smallest absolute Gasteiger partial charge is 0.236 e. The quantitative estimate of drug-likeness (QED) is 0.804. The Morgan fingerprint density at radius 1 is 1.31 bits per heavy atom. The van der Waals surface area contributed by atoms with E-state index in [4.69, 9.17) is 4.74 Å². The van der Waals surface area contributed by atoms with E-state index in [1.165, 1.54) is 0 Å². The lowest BCUT2D eigenvalue weighted by molar-refractivity contribution is -0.139. The van der Waals surface area contributed by atoms with Crippen molar-refractivity contribution in [3.8, 4) is 0 Å². The number of morpholine rings is 1. The summed E-state index contributed by atoms with van der Waals surface area (Å²) >= 11 is 0. The number of rotatable bonds is 4. The number of nitrogens with zero attached hydrogens (tertiary/aromatic N) is 3. The zero-order chi connectivity index (χ0) is 18.6. The first kappa shape index (κ1) is 19.3. The number of carbonyl (C=O) groups excluding carboxylic acids is 1. The summed E-state index contributed by atoms with van der Waals surface area (Å²) in [6.45, 7) is 5.26. The molecule has 1 aromatic carbocycles. The standard InChI is InChI=1S/C19H29N3O3S/c1-3-21(2)18(23)15-22-11-12-25-19(16-22)9-13-26(24,14-10-19)20-17-7-5-4-6-8-17/h4-8H,3,9-16H2,1-2H3. The average Bonchev–Trinajstić information content (AvgIpc) is 2.65. The van der Waals surface area contributed by atoms with Crippen molar-refractivity contribution in [1.29, 1.82) is 0 Å². The van der Waals surface area contributed by atoms with E-state index in [1.807, 2.05) is 44.3 Å². The number of hydrogen-bond acceptors (Lipinski definition) is 5. The Balaban J connectivity index is 1.63. The summed E-state index contributed by atoms with van der Waals surface area (Å²) in [6.07, 6.45) is 1.47. The number of hydrogen-bond donors (Lipinski definition) is 0. The number of benzene rings is 1. The lowest BCUT2D eigenvalue weighted by Crippen LogP contribution is -2.56. The summed E-state index contributed by atoms with van der Waals surface area (Å²) in [5, 5.41) is 0. The Labute approximate surface area is 156 Å². The van der Waals surface area contributed by atoms with Crippen LogP contribution in [0.15, 0.2) is 34.7 Å². The average molecular weight is 380 g/mol. The van der Waals surface area contributed by atoms with Crippen molar-refractivity contribution in [3.05, 3.63) is 30.3 Å². The maximum absolute atomic E-state index is 13.1. The van der Waals surface area contributed by atoms with Crippen molar-refractivity contribution in [2.45, 2.75) is 25.4 Å². The summed E-state index contributed by atoms with van der Waals surface area (Å²) in [5.74, 6) is 1.25. The minimum Gasteiger partial charge on any atom is -0.372 e. The van der Waals surface area contributed by atoms with Crippen LogP contribution in [0.5, 0.6) is 0 Å². The summed E-state index contributed by atoms with van der Waals surface area (Å²) in [6, 6.07) is 9.55. The van der Waals surface area contributed by atoms with Gasteiger partial charge in [-0.2, -0.15) is 4.36 Å². The molecule has 0 N–H and O–H groups in total. The normalized spacial score (nSPS) is 29.5. The molecule has 0 aromatic heterocycles. The number of ether oxygens (including phenoxy) is 1. The molecule has 0 radical (unpaired) electrons. The third kappa shape index (κ3) is 4.64. The van der Waals surface area contributed by atoms with Crippen molar-refractivity contribution in [2.24, 2.45) is 4.36 Å². The fourth-order valence-electron chi connectivity index (χ4n) is 3.54. The Bertz CT molecular complexity index is 730. The van der Waals surface area contributed by atoms with Gasteiger partial charge in [0.25, 0.3) is 0 Å². The molecule has 1 spiro atoms. The van der Waals surface area contributed by atoms with E-state index in [1.54, 1.807) is 4.90 Å². The van der Waals surface area contributed by atoms with Gasteiger partial charge in [0.05, 0.1) is 34.2 Å². The van der Waals surface area contributed by atoms with E-state index in [2.05, 4.69) is 9.26 Å². The minimum absolute atomic E-state index is 0.142. The fraction of sp³-hybridized carbons (Fsp3) is 0.632. The Hall–Kier alpha value is -1.44. The van der Waals surface area contributed by atoms with Crippen molar-refractivity contribution < 1.29 is 13.7 Å². The van der Waals surface area contributed by atoms with Gasteiger partial charge in [-0.25, -0.2) is 4.21 Å². The molecule has 0 aliphatic carbocycles. The Kier molecular flexibility index (Phi) is 5.99. The van der Waals surface area contributed by atoms with E-state index in [9.17, 15) is 9.00 Å². The highest BCUT2D eigenvalue weighted by molar-refractivity contribution is 7.93. The summed E-state index contributed by atoms with van der Waals surface area (Å²) in [5.41, 5.74) is 0.504. The third-order valence-corrected chi connectivity index (χ3v) is 7.60. The highest BCUT2D eigenvalue weighted by Crippen LogP contribution is 2.33. The van der Waals surface area contributed by atoms with Crippen LogP contribution < -0.4 is 0 Å². The fourth-order valence-corrected chi connectivity index (χ4v) is 5.81. The summed E-state index contributed by atoms with van der Waals surface area (Å²) < 4.78 is 23.7. The summed E-state index contributed by atoms with van der Waals surface area (Å²) in [4.78, 5) is 16.1. The Morgan fingerprint density at radius 3 is 2.65 bits per heavy atom. The van der Waals surface area contributed by atoms with E-state index >= 15 is 0 Å². The van der Waals surface area contributed by atoms with Gasteiger partial charge in [0.15, 0.2) is 0 Å². The first-order valence-corrected chi connectivity index (χ1v) is 11.2. The van der Waals surface area contributed by atoms with Gasteiger partial charge < -0.3 is 9.64 Å². The maximum atomic E-state index is 13.1. The van der Waals surface area contributed by atoms with Gasteiger partial charge in [0.1, 0.15) is 0 Å². The SMILES string of the molecule is CCN(C)C(=O)CN1CCOC2(CCS(=O)(=Nc3ccccc3)CC2)C1. The number of likely N-dealkylation sites (N-methyl/N-ethyl adjacent to an activating group) is 1. The predicted octanol–water partition coefficient (Wildman–Crippen LogP) is 2.13. The van der Waals surface area contributed by atoms with E-state index in [0.717, 1.165) is 38.2 Å². The molecule has 2 aliphatic heterocycles. The molecule has 144 valence electrons. The van der Waals surface area contributed by atoms with Crippen LogP contribution in [0.2, 0.25) is 0 Å². The molecule has 1 amide bonds. The van der Waals surface area contributed by atoms with Crippen molar-refractivity contribution in [3.63, 3.8) is 0 Å². The molecular formula is C19H29N3O3S. The third-order valence-electron chi connectivity index (χ3n) is 5.37. The van der Waals surface area contributed by atoms with Crippen LogP contribution in [0.4, 0.5) is 5.69 Å². The second kappa shape index (κ2) is 8.06. The van der Waals surface area contributed by atoms with Crippen molar-refractivity contribution in [2.75, 3.05) is 51.3 Å². The van der Waals surface area contributed by atoms with Crippen LogP contribution in [0.25, 0.3) is 0 Å². The molecule has 26 heavy (non-hydrogen) atoms. The second-order valence-corrected chi connectivity index (χ2v) is 9.80. The van der Waals surface area contributed by atoms with Gasteiger partial charge in [-0.1, -0.05) is 18.2 Å². The number of carbonyl (C=O) groups is 1. The van der Waals surface area contributed by atoms with E-state index < -0.39 is 9.73 Å². The molecule has 0 bridgehead atoms.